The van der Waals surface area contributed by atoms with Gasteiger partial charge in [0.2, 0.25) is 0 Å². The van der Waals surface area contributed by atoms with Crippen LogP contribution in [0.4, 0.5) is 13.2 Å². The van der Waals surface area contributed by atoms with Gasteiger partial charge in [0.05, 0.1) is 6.42 Å². The van der Waals surface area contributed by atoms with Gasteiger partial charge in [-0.25, -0.2) is 0 Å². The zero-order chi connectivity index (χ0) is 9.90. The second-order valence-electron chi connectivity index (χ2n) is 3.91. The van der Waals surface area contributed by atoms with E-state index in [1.54, 1.807) is 0 Å². The summed E-state index contributed by atoms with van der Waals surface area (Å²) in [4.78, 5) is 1.92. The van der Waals surface area contributed by atoms with Crippen molar-refractivity contribution in [2.75, 3.05) is 19.6 Å². The lowest BCUT2D eigenvalue weighted by atomic mass is 10.0. The lowest BCUT2D eigenvalue weighted by Gasteiger charge is -2.30. The second kappa shape index (κ2) is 4.31. The fourth-order valence-electron chi connectivity index (χ4n) is 1.77. The predicted octanol–water partition coefficient (Wildman–Crippen LogP) is 2.67. The van der Waals surface area contributed by atoms with E-state index < -0.39 is 12.6 Å². The summed E-state index contributed by atoms with van der Waals surface area (Å²) >= 11 is 0. The van der Waals surface area contributed by atoms with Crippen LogP contribution in [0, 0.1) is 5.92 Å². The molecule has 1 aliphatic rings. The van der Waals surface area contributed by atoms with E-state index in [-0.39, 0.29) is 6.54 Å². The van der Waals surface area contributed by atoms with E-state index in [9.17, 15) is 13.2 Å². The van der Waals surface area contributed by atoms with Crippen molar-refractivity contribution in [2.24, 2.45) is 5.92 Å². The van der Waals surface area contributed by atoms with Crippen molar-refractivity contribution < 1.29 is 13.2 Å². The maximum Gasteiger partial charge on any atom is 0.390 e. The Kier molecular flexibility index (Phi) is 3.59. The van der Waals surface area contributed by atoms with Crippen LogP contribution in [-0.4, -0.2) is 30.7 Å². The van der Waals surface area contributed by atoms with Gasteiger partial charge in [-0.15, -0.1) is 0 Å². The first kappa shape index (κ1) is 10.8. The molecule has 1 nitrogen and oxygen atoms in total. The zero-order valence-corrected chi connectivity index (χ0v) is 7.90. The molecule has 1 atom stereocenters. The van der Waals surface area contributed by atoms with Crippen molar-refractivity contribution in [1.29, 1.82) is 0 Å². The largest absolute Gasteiger partial charge is 0.390 e. The molecule has 4 heteroatoms. The molecular weight excluding hydrogens is 179 g/mol. The van der Waals surface area contributed by atoms with Crippen molar-refractivity contribution in [3.8, 4) is 0 Å². The van der Waals surface area contributed by atoms with Gasteiger partial charge in [-0.2, -0.15) is 13.2 Å². The first-order chi connectivity index (χ1) is 5.97. The summed E-state index contributed by atoms with van der Waals surface area (Å²) in [5.41, 5.74) is 0. The summed E-state index contributed by atoms with van der Waals surface area (Å²) in [6.07, 6.45) is -2.47. The highest BCUT2D eigenvalue weighted by molar-refractivity contribution is 4.70. The SMILES string of the molecule is CC1CCCN(CCC(F)(F)F)C1. The van der Waals surface area contributed by atoms with Gasteiger partial charge in [-0.05, 0) is 25.3 Å². The van der Waals surface area contributed by atoms with Crippen molar-refractivity contribution in [3.63, 3.8) is 0 Å². The fraction of sp³-hybridized carbons (Fsp3) is 1.00. The van der Waals surface area contributed by atoms with Crippen molar-refractivity contribution in [2.45, 2.75) is 32.4 Å². The number of halogens is 3. The minimum Gasteiger partial charge on any atom is -0.303 e. The maximum atomic E-state index is 11.9. The highest BCUT2D eigenvalue weighted by Crippen LogP contribution is 2.22. The topological polar surface area (TPSA) is 3.24 Å². The molecule has 0 bridgehead atoms. The van der Waals surface area contributed by atoms with Crippen LogP contribution in [0.15, 0.2) is 0 Å². The Morgan fingerprint density at radius 2 is 2.08 bits per heavy atom. The Morgan fingerprint density at radius 3 is 2.62 bits per heavy atom. The summed E-state index contributed by atoms with van der Waals surface area (Å²) < 4.78 is 35.6. The molecule has 0 saturated carbocycles. The molecule has 1 aliphatic heterocycles. The molecule has 0 aromatic rings. The molecule has 1 unspecified atom stereocenters. The first-order valence-electron chi connectivity index (χ1n) is 4.76. The standard InChI is InChI=1S/C9H16F3N/c1-8-3-2-5-13(7-8)6-4-9(10,11)12/h8H,2-7H2,1H3. The summed E-state index contributed by atoms with van der Waals surface area (Å²) in [5, 5.41) is 0. The number of nitrogens with zero attached hydrogens (tertiary/aromatic N) is 1. The average Bonchev–Trinajstić information content (AvgIpc) is 2.00. The maximum absolute atomic E-state index is 11.9. The van der Waals surface area contributed by atoms with E-state index in [2.05, 4.69) is 6.92 Å². The van der Waals surface area contributed by atoms with E-state index in [0.29, 0.717) is 5.92 Å². The molecule has 13 heavy (non-hydrogen) atoms. The van der Waals surface area contributed by atoms with E-state index >= 15 is 0 Å². The molecule has 0 aliphatic carbocycles. The summed E-state index contributed by atoms with van der Waals surface area (Å²) in [5.74, 6) is 0.557. The van der Waals surface area contributed by atoms with E-state index in [4.69, 9.17) is 0 Å². The Balaban J connectivity index is 2.21. The van der Waals surface area contributed by atoms with Crippen LogP contribution in [0.25, 0.3) is 0 Å². The quantitative estimate of drug-likeness (QED) is 0.654. The van der Waals surface area contributed by atoms with Gasteiger partial charge < -0.3 is 4.90 Å². The molecule has 1 saturated heterocycles. The van der Waals surface area contributed by atoms with E-state index in [1.807, 2.05) is 4.90 Å². The molecule has 0 aromatic carbocycles. The molecule has 0 aromatic heterocycles. The lowest BCUT2D eigenvalue weighted by molar-refractivity contribution is -0.138. The van der Waals surface area contributed by atoms with Gasteiger partial charge in [0.15, 0.2) is 0 Å². The Labute approximate surface area is 76.9 Å². The number of likely N-dealkylation sites (tertiary alicyclic amines) is 1. The lowest BCUT2D eigenvalue weighted by Crippen LogP contribution is -2.36. The minimum atomic E-state index is -4.00. The molecule has 0 amide bonds. The van der Waals surface area contributed by atoms with Gasteiger partial charge in [-0.1, -0.05) is 6.92 Å². The Hall–Kier alpha value is -0.250. The van der Waals surface area contributed by atoms with Crippen molar-refractivity contribution >= 4 is 0 Å². The first-order valence-corrected chi connectivity index (χ1v) is 4.76. The van der Waals surface area contributed by atoms with Crippen molar-refractivity contribution in [1.82, 2.24) is 4.90 Å². The summed E-state index contributed by atoms with van der Waals surface area (Å²) in [7, 11) is 0. The van der Waals surface area contributed by atoms with Gasteiger partial charge in [-0.3, -0.25) is 0 Å². The number of rotatable bonds is 2. The van der Waals surface area contributed by atoms with Crippen LogP contribution in [0.3, 0.4) is 0 Å². The van der Waals surface area contributed by atoms with E-state index in [0.717, 1.165) is 25.9 Å². The third-order valence-electron chi connectivity index (χ3n) is 2.45. The summed E-state index contributed by atoms with van der Waals surface area (Å²) in [6.45, 7) is 3.93. The molecule has 0 radical (unpaired) electrons. The van der Waals surface area contributed by atoms with Crippen molar-refractivity contribution in [3.05, 3.63) is 0 Å². The number of hydrogen-bond donors (Lipinski definition) is 0. The van der Waals surface area contributed by atoms with Crippen LogP contribution in [0.5, 0.6) is 0 Å². The van der Waals surface area contributed by atoms with Crippen LogP contribution in [-0.2, 0) is 0 Å². The van der Waals surface area contributed by atoms with E-state index in [1.165, 1.54) is 0 Å². The highest BCUT2D eigenvalue weighted by Gasteiger charge is 2.28. The van der Waals surface area contributed by atoms with Crippen LogP contribution in [0.2, 0.25) is 0 Å². The molecule has 78 valence electrons. The average molecular weight is 195 g/mol. The number of hydrogen-bond acceptors (Lipinski definition) is 1. The zero-order valence-electron chi connectivity index (χ0n) is 7.90. The minimum absolute atomic E-state index is 0.174. The Morgan fingerprint density at radius 1 is 1.38 bits per heavy atom. The van der Waals surface area contributed by atoms with Gasteiger partial charge in [0, 0.05) is 13.1 Å². The third-order valence-corrected chi connectivity index (χ3v) is 2.45. The van der Waals surface area contributed by atoms with Crippen LogP contribution in [0.1, 0.15) is 26.2 Å². The Bertz CT molecular complexity index is 155. The fourth-order valence-corrected chi connectivity index (χ4v) is 1.77. The number of piperidine rings is 1. The number of alkyl halides is 3. The normalized spacial score (nSPS) is 26.3. The molecule has 1 rings (SSSR count). The molecule has 1 fully saturated rings. The second-order valence-corrected chi connectivity index (χ2v) is 3.91. The highest BCUT2D eigenvalue weighted by atomic mass is 19.4. The molecule has 0 spiro atoms. The molecular formula is C9H16F3N. The molecule has 0 N–H and O–H groups in total. The monoisotopic (exact) mass is 195 g/mol. The third kappa shape index (κ3) is 4.50. The smallest absolute Gasteiger partial charge is 0.303 e. The van der Waals surface area contributed by atoms with Crippen LogP contribution >= 0.6 is 0 Å². The van der Waals surface area contributed by atoms with Gasteiger partial charge >= 0.3 is 6.18 Å². The predicted molar refractivity (Wildman–Crippen MR) is 45.5 cm³/mol. The van der Waals surface area contributed by atoms with Crippen LogP contribution < -0.4 is 0 Å². The summed E-state index contributed by atoms with van der Waals surface area (Å²) in [6, 6.07) is 0. The molecule has 1 heterocycles. The van der Waals surface area contributed by atoms with Gasteiger partial charge in [0.25, 0.3) is 0 Å². The van der Waals surface area contributed by atoms with Gasteiger partial charge in [0.1, 0.15) is 0 Å².